The molecule has 0 nitrogen and oxygen atoms in total. The molecule has 0 saturated heterocycles. The molecule has 0 saturated carbocycles. The molecule has 0 N–H and O–H groups in total. The SMILES string of the molecule is C1=c2ccccc2=c2ccc3c(c21)c1c(c2ccccc23)C=c2ccccc2=1. The summed E-state index contributed by atoms with van der Waals surface area (Å²) in [5, 5.41) is 13.5. The molecule has 0 radical (unpaired) electrons. The zero-order chi connectivity index (χ0) is 18.2. The van der Waals surface area contributed by atoms with E-state index in [9.17, 15) is 0 Å². The fourth-order valence-corrected chi connectivity index (χ4v) is 5.18. The lowest BCUT2D eigenvalue weighted by Gasteiger charge is -2.11. The van der Waals surface area contributed by atoms with Gasteiger partial charge in [-0.3, -0.25) is 0 Å². The van der Waals surface area contributed by atoms with Gasteiger partial charge in [-0.05, 0) is 76.1 Å². The van der Waals surface area contributed by atoms with Gasteiger partial charge in [-0.15, -0.1) is 0 Å². The van der Waals surface area contributed by atoms with Gasteiger partial charge in [-0.25, -0.2) is 0 Å². The van der Waals surface area contributed by atoms with Crippen LogP contribution < -0.4 is 10.4 Å². The summed E-state index contributed by atoms with van der Waals surface area (Å²) in [4.78, 5) is 0. The minimum Gasteiger partial charge on any atom is -0.0616 e. The van der Waals surface area contributed by atoms with E-state index in [1.165, 1.54) is 64.0 Å². The number of hydrogen-bond donors (Lipinski definition) is 0. The molecular formula is C28H16. The minimum atomic E-state index is 1.32. The van der Waals surface area contributed by atoms with Crippen LogP contribution in [-0.2, 0) is 0 Å². The maximum absolute atomic E-state index is 2.38. The maximum atomic E-state index is 2.38. The van der Waals surface area contributed by atoms with E-state index in [4.69, 9.17) is 0 Å². The van der Waals surface area contributed by atoms with Gasteiger partial charge in [-0.2, -0.15) is 0 Å². The van der Waals surface area contributed by atoms with Crippen LogP contribution >= 0.6 is 0 Å². The second kappa shape index (κ2) is 4.99. The Bertz CT molecular complexity index is 1810. The second-order valence-corrected chi connectivity index (χ2v) is 7.75. The highest BCUT2D eigenvalue weighted by Gasteiger charge is 2.16. The molecule has 5 aromatic carbocycles. The Balaban J connectivity index is 1.92. The topological polar surface area (TPSA) is 0 Å². The Hall–Kier alpha value is -3.64. The van der Waals surface area contributed by atoms with E-state index < -0.39 is 0 Å². The molecule has 128 valence electrons. The summed E-state index contributed by atoms with van der Waals surface area (Å²) < 4.78 is 0. The zero-order valence-corrected chi connectivity index (χ0v) is 15.2. The Labute approximate surface area is 161 Å². The molecule has 0 aliphatic heterocycles. The van der Waals surface area contributed by atoms with Crippen molar-refractivity contribution in [2.45, 2.75) is 0 Å². The molecule has 7 rings (SSSR count). The van der Waals surface area contributed by atoms with Crippen molar-refractivity contribution < 1.29 is 0 Å². The van der Waals surface area contributed by atoms with Gasteiger partial charge in [0.25, 0.3) is 0 Å². The molecule has 5 aromatic rings. The van der Waals surface area contributed by atoms with Crippen LogP contribution in [0.25, 0.3) is 33.7 Å². The fourth-order valence-electron chi connectivity index (χ4n) is 5.18. The third-order valence-electron chi connectivity index (χ3n) is 6.35. The first-order chi connectivity index (χ1) is 13.9. The lowest BCUT2D eigenvalue weighted by molar-refractivity contribution is 1.48. The quantitative estimate of drug-likeness (QED) is 0.342. The van der Waals surface area contributed by atoms with Gasteiger partial charge < -0.3 is 0 Å². The normalized spacial score (nSPS) is 12.9. The van der Waals surface area contributed by atoms with Crippen molar-refractivity contribution in [2.75, 3.05) is 0 Å². The van der Waals surface area contributed by atoms with Crippen LogP contribution in [0.5, 0.6) is 0 Å². The monoisotopic (exact) mass is 352 g/mol. The Morgan fingerprint density at radius 1 is 0.393 bits per heavy atom. The predicted molar refractivity (Wildman–Crippen MR) is 116 cm³/mol. The first kappa shape index (κ1) is 14.4. The zero-order valence-electron chi connectivity index (χ0n) is 15.2. The van der Waals surface area contributed by atoms with Crippen molar-refractivity contribution in [3.63, 3.8) is 0 Å². The van der Waals surface area contributed by atoms with Crippen LogP contribution in [0.4, 0.5) is 0 Å². The maximum Gasteiger partial charge on any atom is -0.00137 e. The third kappa shape index (κ3) is 1.66. The molecule has 2 aliphatic rings. The standard InChI is InChI=1S/C28H16/c1-3-9-19-17(7-1)15-26-23(19)13-14-24-21-11-5-6-12-22(21)25-16-18-8-2-4-10-20(18)27(25)28(24)26/h1-16H. The molecule has 0 aromatic heterocycles. The van der Waals surface area contributed by atoms with E-state index in [0.717, 1.165) is 0 Å². The van der Waals surface area contributed by atoms with E-state index in [-0.39, 0.29) is 0 Å². The van der Waals surface area contributed by atoms with Crippen LogP contribution in [0.2, 0.25) is 0 Å². The van der Waals surface area contributed by atoms with E-state index in [0.29, 0.717) is 0 Å². The number of hydrogen-bond acceptors (Lipinski definition) is 0. The van der Waals surface area contributed by atoms with Crippen LogP contribution in [0, 0.1) is 20.9 Å². The van der Waals surface area contributed by atoms with Gasteiger partial charge in [0, 0.05) is 0 Å². The summed E-state index contributed by atoms with van der Waals surface area (Å²) in [6.45, 7) is 0. The first-order valence-corrected chi connectivity index (χ1v) is 9.80. The third-order valence-corrected chi connectivity index (χ3v) is 6.35. The molecule has 28 heavy (non-hydrogen) atoms. The molecule has 0 fully saturated rings. The largest absolute Gasteiger partial charge is 0.0616 e. The van der Waals surface area contributed by atoms with Crippen molar-refractivity contribution in [1.29, 1.82) is 0 Å². The molecule has 2 aliphatic carbocycles. The molecule has 0 amide bonds. The summed E-state index contributed by atoms with van der Waals surface area (Å²) in [7, 11) is 0. The van der Waals surface area contributed by atoms with Crippen LogP contribution in [0.15, 0.2) is 84.9 Å². The van der Waals surface area contributed by atoms with Crippen molar-refractivity contribution in [3.8, 4) is 0 Å². The Morgan fingerprint density at radius 3 is 1.89 bits per heavy atom. The van der Waals surface area contributed by atoms with E-state index in [2.05, 4.69) is 97.1 Å². The molecule has 0 heterocycles. The van der Waals surface area contributed by atoms with Crippen LogP contribution in [0.1, 0.15) is 11.1 Å². The number of rotatable bonds is 0. The summed E-state index contributed by atoms with van der Waals surface area (Å²) in [5.41, 5.74) is 2.73. The van der Waals surface area contributed by atoms with Gasteiger partial charge in [0.1, 0.15) is 0 Å². The number of benzene rings is 5. The van der Waals surface area contributed by atoms with Gasteiger partial charge in [0.05, 0.1) is 0 Å². The summed E-state index contributed by atoms with van der Waals surface area (Å²) in [6, 6.07) is 31.0. The highest BCUT2D eigenvalue weighted by Crippen LogP contribution is 2.35. The van der Waals surface area contributed by atoms with Crippen molar-refractivity contribution in [2.24, 2.45) is 0 Å². The average molecular weight is 352 g/mol. The number of fused-ring (bicyclic) bond motifs is 10. The highest BCUT2D eigenvalue weighted by molar-refractivity contribution is 6.13. The van der Waals surface area contributed by atoms with E-state index in [1.807, 2.05) is 0 Å². The predicted octanol–water partition coefficient (Wildman–Crippen LogP) is 4.85. The van der Waals surface area contributed by atoms with Crippen LogP contribution in [-0.4, -0.2) is 0 Å². The van der Waals surface area contributed by atoms with Gasteiger partial charge >= 0.3 is 0 Å². The summed E-state index contributed by atoms with van der Waals surface area (Å²) in [6.07, 6.45) is 4.75. The summed E-state index contributed by atoms with van der Waals surface area (Å²) in [5.74, 6) is 0. The van der Waals surface area contributed by atoms with Gasteiger partial charge in [0.2, 0.25) is 0 Å². The first-order valence-electron chi connectivity index (χ1n) is 9.80. The minimum absolute atomic E-state index is 1.32. The lowest BCUT2D eigenvalue weighted by Crippen LogP contribution is -1.97. The van der Waals surface area contributed by atoms with Crippen molar-refractivity contribution in [1.82, 2.24) is 0 Å². The molecule has 0 unspecified atom stereocenters. The van der Waals surface area contributed by atoms with Crippen molar-refractivity contribution in [3.05, 3.63) is 127 Å². The smallest absolute Gasteiger partial charge is 0.00137 e. The second-order valence-electron chi connectivity index (χ2n) is 7.75. The van der Waals surface area contributed by atoms with E-state index in [1.54, 1.807) is 0 Å². The molecule has 0 spiro atoms. The van der Waals surface area contributed by atoms with Crippen molar-refractivity contribution >= 4 is 33.7 Å². The Morgan fingerprint density at radius 2 is 1.04 bits per heavy atom. The highest BCUT2D eigenvalue weighted by atomic mass is 14.2. The molecule has 0 heteroatoms. The lowest BCUT2D eigenvalue weighted by atomic mass is 9.92. The molecule has 0 atom stereocenters. The molecular weight excluding hydrogens is 336 g/mol. The van der Waals surface area contributed by atoms with Crippen LogP contribution in [0.3, 0.4) is 0 Å². The fraction of sp³-hybridized carbons (Fsp3) is 0. The van der Waals surface area contributed by atoms with Gasteiger partial charge in [0.15, 0.2) is 0 Å². The Kier molecular flexibility index (Phi) is 2.57. The van der Waals surface area contributed by atoms with E-state index >= 15 is 0 Å². The molecule has 0 bridgehead atoms. The summed E-state index contributed by atoms with van der Waals surface area (Å²) >= 11 is 0. The average Bonchev–Trinajstić information content (AvgIpc) is 3.32. The van der Waals surface area contributed by atoms with Gasteiger partial charge in [-0.1, -0.05) is 84.9 Å².